The van der Waals surface area contributed by atoms with Crippen molar-refractivity contribution in [2.75, 3.05) is 0 Å². The summed E-state index contributed by atoms with van der Waals surface area (Å²) in [4.78, 5) is 13.1. The van der Waals surface area contributed by atoms with E-state index in [1.165, 1.54) is 11.1 Å². The quantitative estimate of drug-likeness (QED) is 0.176. The second kappa shape index (κ2) is 12.5. The summed E-state index contributed by atoms with van der Waals surface area (Å²) in [6, 6.07) is 59.4. The fourth-order valence-electron chi connectivity index (χ4n) is 5.84. The second-order valence-electron chi connectivity index (χ2n) is 10.9. The zero-order valence-electron chi connectivity index (χ0n) is 24.9. The molecule has 0 fully saturated rings. The summed E-state index contributed by atoms with van der Waals surface area (Å²) >= 11 is 3.49. The Morgan fingerprint density at radius 2 is 0.565 bits per heavy atom. The summed E-state index contributed by atoms with van der Waals surface area (Å²) < 4.78 is 0. The van der Waals surface area contributed by atoms with Crippen molar-refractivity contribution in [3.05, 3.63) is 170 Å². The Hall–Kier alpha value is -5.42. The SMILES string of the molecule is c1ccc(-c2nc(-c3ccccc3-c3ccccc3)c(-c3sc(-c4ccccc4)nc3-c3ccccc3-c3ccccc3)s2)cc1. The fraction of sp³-hybridized carbons (Fsp3) is 0. The molecule has 0 unspecified atom stereocenters. The van der Waals surface area contributed by atoms with E-state index >= 15 is 0 Å². The molecule has 218 valence electrons. The van der Waals surface area contributed by atoms with Crippen LogP contribution in [0.3, 0.4) is 0 Å². The van der Waals surface area contributed by atoms with E-state index in [2.05, 4.69) is 170 Å². The fourth-order valence-corrected chi connectivity index (χ4v) is 8.14. The van der Waals surface area contributed by atoms with Crippen LogP contribution in [0.25, 0.3) is 75.7 Å². The molecule has 2 aromatic heterocycles. The van der Waals surface area contributed by atoms with Crippen molar-refractivity contribution in [3.63, 3.8) is 0 Å². The predicted molar refractivity (Wildman–Crippen MR) is 196 cm³/mol. The number of rotatable bonds is 7. The summed E-state index contributed by atoms with van der Waals surface area (Å²) in [5, 5.41) is 1.98. The Balaban J connectivity index is 1.42. The van der Waals surface area contributed by atoms with E-state index in [0.29, 0.717) is 0 Å². The van der Waals surface area contributed by atoms with Crippen LogP contribution in [-0.4, -0.2) is 9.97 Å². The first-order valence-electron chi connectivity index (χ1n) is 15.3. The molecule has 2 nitrogen and oxygen atoms in total. The van der Waals surface area contributed by atoms with Gasteiger partial charge in [-0.15, -0.1) is 22.7 Å². The van der Waals surface area contributed by atoms with Gasteiger partial charge in [-0.25, -0.2) is 9.97 Å². The van der Waals surface area contributed by atoms with E-state index in [-0.39, 0.29) is 0 Å². The van der Waals surface area contributed by atoms with Crippen LogP contribution in [0.5, 0.6) is 0 Å². The minimum absolute atomic E-state index is 0.977. The van der Waals surface area contributed by atoms with E-state index in [4.69, 9.17) is 9.97 Å². The molecule has 8 rings (SSSR count). The Bertz CT molecular complexity index is 2070. The van der Waals surface area contributed by atoms with Gasteiger partial charge in [-0.2, -0.15) is 0 Å². The molecule has 46 heavy (non-hydrogen) atoms. The van der Waals surface area contributed by atoms with Crippen molar-refractivity contribution in [1.29, 1.82) is 0 Å². The molecule has 2 heterocycles. The highest BCUT2D eigenvalue weighted by Crippen LogP contribution is 2.50. The molecule has 0 atom stereocenters. The maximum Gasteiger partial charge on any atom is 0.124 e. The van der Waals surface area contributed by atoms with E-state index in [9.17, 15) is 0 Å². The molecule has 0 saturated heterocycles. The maximum atomic E-state index is 5.41. The number of thiazole rings is 2. The molecular formula is C42H28N2S2. The zero-order chi connectivity index (χ0) is 30.7. The van der Waals surface area contributed by atoms with Crippen molar-refractivity contribution in [2.45, 2.75) is 0 Å². The molecule has 0 amide bonds. The lowest BCUT2D eigenvalue weighted by Gasteiger charge is -2.12. The molecule has 0 bridgehead atoms. The Morgan fingerprint density at radius 3 is 0.913 bits per heavy atom. The first-order valence-corrected chi connectivity index (χ1v) is 16.9. The highest BCUT2D eigenvalue weighted by molar-refractivity contribution is 7.25. The standard InChI is InChI=1S/C42H28N2S2/c1-5-17-29(18-6-1)33-25-13-15-27-35(33)37-39(45-41(43-37)31-21-9-3-10-22-31)40-38(44-42(46-40)32-23-11-4-12-24-32)36-28-16-14-26-34(36)30-19-7-2-8-20-30/h1-28H. The van der Waals surface area contributed by atoms with E-state index < -0.39 is 0 Å². The van der Waals surface area contributed by atoms with Crippen LogP contribution < -0.4 is 0 Å². The van der Waals surface area contributed by atoms with Gasteiger partial charge in [0.1, 0.15) is 10.0 Å². The minimum Gasteiger partial charge on any atom is -0.235 e. The van der Waals surface area contributed by atoms with E-state index in [0.717, 1.165) is 64.5 Å². The van der Waals surface area contributed by atoms with Crippen LogP contribution in [0.2, 0.25) is 0 Å². The van der Waals surface area contributed by atoms with Gasteiger partial charge >= 0.3 is 0 Å². The first-order chi connectivity index (χ1) is 22.8. The minimum atomic E-state index is 0.977. The Labute approximate surface area is 277 Å². The van der Waals surface area contributed by atoms with Crippen molar-refractivity contribution in [3.8, 4) is 75.7 Å². The highest BCUT2D eigenvalue weighted by atomic mass is 32.1. The lowest BCUT2D eigenvalue weighted by atomic mass is 9.95. The molecule has 8 aromatic rings. The van der Waals surface area contributed by atoms with E-state index in [1.807, 2.05) is 0 Å². The van der Waals surface area contributed by atoms with Gasteiger partial charge in [0.15, 0.2) is 0 Å². The first kappa shape index (κ1) is 28.1. The summed E-state index contributed by atoms with van der Waals surface area (Å²) in [6.07, 6.45) is 0. The summed E-state index contributed by atoms with van der Waals surface area (Å²) in [5.41, 5.74) is 11.0. The molecule has 0 aliphatic carbocycles. The third-order valence-electron chi connectivity index (χ3n) is 8.04. The van der Waals surface area contributed by atoms with Gasteiger partial charge in [0.2, 0.25) is 0 Å². The van der Waals surface area contributed by atoms with Gasteiger partial charge in [0, 0.05) is 22.3 Å². The topological polar surface area (TPSA) is 25.8 Å². The van der Waals surface area contributed by atoms with Gasteiger partial charge in [0.25, 0.3) is 0 Å². The lowest BCUT2D eigenvalue weighted by Crippen LogP contribution is -1.90. The van der Waals surface area contributed by atoms with Gasteiger partial charge in [-0.3, -0.25) is 0 Å². The van der Waals surface area contributed by atoms with Gasteiger partial charge in [-0.1, -0.05) is 170 Å². The average Bonchev–Trinajstić information content (AvgIpc) is 3.79. The largest absolute Gasteiger partial charge is 0.235 e. The normalized spacial score (nSPS) is 11.0. The van der Waals surface area contributed by atoms with Crippen LogP contribution >= 0.6 is 22.7 Å². The van der Waals surface area contributed by atoms with Crippen molar-refractivity contribution in [2.24, 2.45) is 0 Å². The smallest absolute Gasteiger partial charge is 0.124 e. The van der Waals surface area contributed by atoms with Crippen molar-refractivity contribution < 1.29 is 0 Å². The summed E-state index contributed by atoms with van der Waals surface area (Å²) in [6.45, 7) is 0. The lowest BCUT2D eigenvalue weighted by molar-refractivity contribution is 1.39. The molecule has 0 spiro atoms. The summed E-state index contributed by atoms with van der Waals surface area (Å²) in [7, 11) is 0. The van der Waals surface area contributed by atoms with Gasteiger partial charge in [0.05, 0.1) is 21.1 Å². The number of aromatic nitrogens is 2. The van der Waals surface area contributed by atoms with E-state index in [1.54, 1.807) is 22.7 Å². The second-order valence-corrected chi connectivity index (χ2v) is 12.9. The number of hydrogen-bond acceptors (Lipinski definition) is 4. The number of hydrogen-bond donors (Lipinski definition) is 0. The van der Waals surface area contributed by atoms with Crippen LogP contribution in [0.4, 0.5) is 0 Å². The molecule has 4 heteroatoms. The van der Waals surface area contributed by atoms with Gasteiger partial charge in [-0.05, 0) is 22.3 Å². The molecule has 6 aromatic carbocycles. The Morgan fingerprint density at radius 1 is 0.283 bits per heavy atom. The monoisotopic (exact) mass is 624 g/mol. The van der Waals surface area contributed by atoms with Gasteiger partial charge < -0.3 is 0 Å². The van der Waals surface area contributed by atoms with Crippen LogP contribution in [-0.2, 0) is 0 Å². The average molecular weight is 625 g/mol. The molecule has 0 radical (unpaired) electrons. The molecule has 0 aliphatic heterocycles. The van der Waals surface area contributed by atoms with Crippen LogP contribution in [0.1, 0.15) is 0 Å². The van der Waals surface area contributed by atoms with Crippen molar-refractivity contribution >= 4 is 22.7 Å². The molecule has 0 aliphatic rings. The third-order valence-corrected chi connectivity index (χ3v) is 10.4. The zero-order valence-corrected chi connectivity index (χ0v) is 26.5. The van der Waals surface area contributed by atoms with Crippen LogP contribution in [0.15, 0.2) is 170 Å². The summed E-state index contributed by atoms with van der Waals surface area (Å²) in [5.74, 6) is 0. The number of nitrogens with zero attached hydrogens (tertiary/aromatic N) is 2. The third kappa shape index (κ3) is 5.39. The maximum absolute atomic E-state index is 5.41. The molecule has 0 saturated carbocycles. The molecular weight excluding hydrogens is 597 g/mol. The predicted octanol–water partition coefficient (Wildman–Crippen LogP) is 12.3. The van der Waals surface area contributed by atoms with Crippen LogP contribution in [0, 0.1) is 0 Å². The number of benzene rings is 6. The van der Waals surface area contributed by atoms with Crippen molar-refractivity contribution in [1.82, 2.24) is 9.97 Å². The highest BCUT2D eigenvalue weighted by Gasteiger charge is 2.26. The Kier molecular flexibility index (Phi) is 7.65. The molecule has 0 N–H and O–H groups in total.